The van der Waals surface area contributed by atoms with E-state index in [0.29, 0.717) is 29.2 Å². The van der Waals surface area contributed by atoms with Gasteiger partial charge in [-0.25, -0.2) is 0 Å². The predicted octanol–water partition coefficient (Wildman–Crippen LogP) is 3.71. The molecule has 7 heteroatoms. The molecule has 31 heavy (non-hydrogen) atoms. The second-order valence-electron chi connectivity index (χ2n) is 7.28. The second-order valence-corrected chi connectivity index (χ2v) is 7.28. The molecule has 0 aliphatic carbocycles. The summed E-state index contributed by atoms with van der Waals surface area (Å²) in [5, 5.41) is 3.13. The molecular formula is C24H28N2O5. The maximum Gasteiger partial charge on any atom is 0.278 e. The maximum absolute atomic E-state index is 13.1. The van der Waals surface area contributed by atoms with Crippen molar-refractivity contribution in [3.8, 4) is 11.5 Å². The van der Waals surface area contributed by atoms with Gasteiger partial charge in [0.15, 0.2) is 0 Å². The molecule has 0 saturated carbocycles. The molecule has 0 aromatic heterocycles. The minimum Gasteiger partial charge on any atom is -0.494 e. The van der Waals surface area contributed by atoms with Gasteiger partial charge in [-0.3, -0.25) is 14.5 Å². The number of nitrogens with one attached hydrogen (secondary N) is 1. The van der Waals surface area contributed by atoms with Crippen LogP contribution in [-0.4, -0.2) is 49.7 Å². The van der Waals surface area contributed by atoms with Crippen LogP contribution in [0, 0.1) is 0 Å². The maximum atomic E-state index is 13.1. The molecule has 1 N–H and O–H groups in total. The van der Waals surface area contributed by atoms with Crippen molar-refractivity contribution in [1.29, 1.82) is 0 Å². The average molecular weight is 424 g/mol. The summed E-state index contributed by atoms with van der Waals surface area (Å²) in [5.74, 6) is 0.702. The molecule has 2 aromatic carbocycles. The zero-order valence-electron chi connectivity index (χ0n) is 18.3. The van der Waals surface area contributed by atoms with Crippen LogP contribution in [0.5, 0.6) is 11.5 Å². The Hall–Kier alpha value is -3.32. The number of carbonyl (C=O) groups is 2. The van der Waals surface area contributed by atoms with E-state index in [1.165, 1.54) is 12.0 Å². The Morgan fingerprint density at radius 2 is 1.58 bits per heavy atom. The van der Waals surface area contributed by atoms with Crippen molar-refractivity contribution in [2.75, 3.05) is 32.2 Å². The van der Waals surface area contributed by atoms with E-state index in [0.717, 1.165) is 5.75 Å². The lowest BCUT2D eigenvalue weighted by atomic mass is 10.0. The first-order valence-electron chi connectivity index (χ1n) is 10.3. The van der Waals surface area contributed by atoms with Crippen LogP contribution in [0.3, 0.4) is 0 Å². The fourth-order valence-electron chi connectivity index (χ4n) is 3.26. The van der Waals surface area contributed by atoms with E-state index in [1.54, 1.807) is 24.3 Å². The number of nitrogens with zero attached hydrogens (tertiary/aromatic N) is 1. The van der Waals surface area contributed by atoms with E-state index in [2.05, 4.69) is 5.32 Å². The third-order valence-corrected chi connectivity index (χ3v) is 4.64. The molecule has 0 unspecified atom stereocenters. The first kappa shape index (κ1) is 22.4. The minimum absolute atomic E-state index is 0.0428. The zero-order valence-corrected chi connectivity index (χ0v) is 18.3. The van der Waals surface area contributed by atoms with Crippen LogP contribution in [0.1, 0.15) is 26.3 Å². The first-order valence-corrected chi connectivity index (χ1v) is 10.3. The van der Waals surface area contributed by atoms with Crippen LogP contribution >= 0.6 is 0 Å². The molecule has 0 bridgehead atoms. The van der Waals surface area contributed by atoms with Crippen molar-refractivity contribution in [1.82, 2.24) is 4.90 Å². The molecule has 0 radical (unpaired) electrons. The van der Waals surface area contributed by atoms with Gasteiger partial charge in [-0.1, -0.05) is 12.1 Å². The Labute approximate surface area is 182 Å². The van der Waals surface area contributed by atoms with E-state index in [-0.39, 0.29) is 36.8 Å². The van der Waals surface area contributed by atoms with Crippen molar-refractivity contribution in [2.24, 2.45) is 0 Å². The highest BCUT2D eigenvalue weighted by atomic mass is 16.5. The van der Waals surface area contributed by atoms with Gasteiger partial charge in [0.2, 0.25) is 0 Å². The number of benzene rings is 2. The molecule has 2 aromatic rings. The Kier molecular flexibility index (Phi) is 7.31. The van der Waals surface area contributed by atoms with Gasteiger partial charge in [0, 0.05) is 12.8 Å². The SMILES string of the molecule is CCOc1ccc(NC2=C(c3ccc(OC(C)C)cc3)C(=O)N(CCOC)C2=O)cc1. The second kappa shape index (κ2) is 10.1. The van der Waals surface area contributed by atoms with Gasteiger partial charge >= 0.3 is 0 Å². The van der Waals surface area contributed by atoms with Crippen molar-refractivity contribution < 1.29 is 23.8 Å². The Bertz CT molecular complexity index is 949. The highest BCUT2D eigenvalue weighted by molar-refractivity contribution is 6.36. The fourth-order valence-corrected chi connectivity index (χ4v) is 3.26. The summed E-state index contributed by atoms with van der Waals surface area (Å²) in [5.41, 5.74) is 1.89. The molecule has 2 amide bonds. The van der Waals surface area contributed by atoms with Gasteiger partial charge in [0.1, 0.15) is 17.2 Å². The summed E-state index contributed by atoms with van der Waals surface area (Å²) in [6, 6.07) is 14.4. The largest absolute Gasteiger partial charge is 0.494 e. The normalized spacial score (nSPS) is 13.9. The Balaban J connectivity index is 1.94. The number of hydrogen-bond acceptors (Lipinski definition) is 6. The molecule has 7 nitrogen and oxygen atoms in total. The first-order chi connectivity index (χ1) is 14.9. The molecule has 164 valence electrons. The predicted molar refractivity (Wildman–Crippen MR) is 119 cm³/mol. The van der Waals surface area contributed by atoms with E-state index in [1.807, 2.05) is 45.0 Å². The van der Waals surface area contributed by atoms with Crippen molar-refractivity contribution in [3.05, 3.63) is 59.8 Å². The average Bonchev–Trinajstić information content (AvgIpc) is 2.98. The lowest BCUT2D eigenvalue weighted by Gasteiger charge is -2.14. The molecule has 3 rings (SSSR count). The quantitative estimate of drug-likeness (QED) is 0.586. The number of hydrogen-bond donors (Lipinski definition) is 1. The molecular weight excluding hydrogens is 396 g/mol. The van der Waals surface area contributed by atoms with Crippen LogP contribution in [0.4, 0.5) is 5.69 Å². The number of methoxy groups -OCH3 is 1. The minimum atomic E-state index is -0.381. The molecule has 0 saturated heterocycles. The highest BCUT2D eigenvalue weighted by Crippen LogP contribution is 2.31. The van der Waals surface area contributed by atoms with Gasteiger partial charge in [0.25, 0.3) is 11.8 Å². The summed E-state index contributed by atoms with van der Waals surface area (Å²) < 4.78 is 16.2. The van der Waals surface area contributed by atoms with Crippen LogP contribution < -0.4 is 14.8 Å². The van der Waals surface area contributed by atoms with Crippen molar-refractivity contribution >= 4 is 23.1 Å². The summed E-state index contributed by atoms with van der Waals surface area (Å²) in [6.07, 6.45) is 0.0428. The molecule has 0 atom stereocenters. The number of ether oxygens (including phenoxy) is 3. The van der Waals surface area contributed by atoms with Gasteiger partial charge in [0.05, 0.1) is 31.4 Å². The van der Waals surface area contributed by atoms with Gasteiger partial charge in [-0.05, 0) is 62.7 Å². The van der Waals surface area contributed by atoms with E-state index >= 15 is 0 Å². The molecule has 1 aliphatic heterocycles. The lowest BCUT2D eigenvalue weighted by molar-refractivity contribution is -0.137. The van der Waals surface area contributed by atoms with Crippen molar-refractivity contribution in [2.45, 2.75) is 26.9 Å². The Morgan fingerprint density at radius 1 is 0.935 bits per heavy atom. The smallest absolute Gasteiger partial charge is 0.278 e. The molecule has 1 heterocycles. The van der Waals surface area contributed by atoms with Crippen LogP contribution in [0.15, 0.2) is 54.2 Å². The summed E-state index contributed by atoms with van der Waals surface area (Å²) in [4.78, 5) is 27.4. The number of rotatable bonds is 10. The van der Waals surface area contributed by atoms with E-state index in [4.69, 9.17) is 14.2 Å². The molecule has 0 spiro atoms. The highest BCUT2D eigenvalue weighted by Gasteiger charge is 2.39. The molecule has 0 fully saturated rings. The summed E-state index contributed by atoms with van der Waals surface area (Å²) in [7, 11) is 1.53. The lowest BCUT2D eigenvalue weighted by Crippen LogP contribution is -2.35. The monoisotopic (exact) mass is 424 g/mol. The van der Waals surface area contributed by atoms with E-state index in [9.17, 15) is 9.59 Å². The summed E-state index contributed by atoms with van der Waals surface area (Å²) in [6.45, 7) is 6.82. The Morgan fingerprint density at radius 3 is 2.16 bits per heavy atom. The van der Waals surface area contributed by atoms with Crippen LogP contribution in [0.25, 0.3) is 5.57 Å². The van der Waals surface area contributed by atoms with E-state index < -0.39 is 0 Å². The zero-order chi connectivity index (χ0) is 22.4. The molecule has 1 aliphatic rings. The third kappa shape index (κ3) is 5.24. The number of carbonyl (C=O) groups excluding carboxylic acids is 2. The van der Waals surface area contributed by atoms with Gasteiger partial charge in [-0.15, -0.1) is 0 Å². The van der Waals surface area contributed by atoms with Crippen molar-refractivity contribution in [3.63, 3.8) is 0 Å². The summed E-state index contributed by atoms with van der Waals surface area (Å²) >= 11 is 0. The van der Waals surface area contributed by atoms with Gasteiger partial charge < -0.3 is 19.5 Å². The number of imide groups is 1. The number of anilines is 1. The standard InChI is InChI=1S/C24H28N2O5/c1-5-30-19-12-8-18(9-13-19)25-22-21(23(27)26(24(22)28)14-15-29-4)17-6-10-20(11-7-17)31-16(2)3/h6-13,16,25H,5,14-15H2,1-4H3. The van der Waals surface area contributed by atoms with Crippen LogP contribution in [-0.2, 0) is 14.3 Å². The topological polar surface area (TPSA) is 77.1 Å². The third-order valence-electron chi connectivity index (χ3n) is 4.64. The number of amides is 2. The van der Waals surface area contributed by atoms with Crippen LogP contribution in [0.2, 0.25) is 0 Å². The fraction of sp³-hybridized carbons (Fsp3) is 0.333. The van der Waals surface area contributed by atoms with Gasteiger partial charge in [-0.2, -0.15) is 0 Å².